The molecule has 0 amide bonds. The van der Waals surface area contributed by atoms with Gasteiger partial charge in [0.1, 0.15) is 11.6 Å². The number of aliphatic carboxylic acids is 1. The van der Waals surface area contributed by atoms with Crippen LogP contribution in [0.15, 0.2) is 29.3 Å². The van der Waals surface area contributed by atoms with E-state index >= 15 is 0 Å². The standard InChI is InChI=1S/C16H20N2O4.2ClH/c19-14(20)9-22-13-4-2-1-3-12(13)15-17-10-16(11-18-15)5-7-21-8-6-16;;/h1-4H,5-11H2,(H,17,18)(H,19,20);2*1H. The minimum Gasteiger partial charge on any atom is -0.481 e. The second kappa shape index (κ2) is 9.11. The largest absolute Gasteiger partial charge is 0.481 e. The Bertz CT molecular complexity index is 589. The van der Waals surface area contributed by atoms with Crippen LogP contribution in [0.2, 0.25) is 0 Å². The molecule has 0 unspecified atom stereocenters. The lowest BCUT2D eigenvalue weighted by Gasteiger charge is -2.39. The Morgan fingerprint density at radius 2 is 2.00 bits per heavy atom. The number of benzene rings is 1. The molecule has 0 atom stereocenters. The number of carboxylic acid groups (broad SMARTS) is 1. The Kier molecular flexibility index (Phi) is 7.79. The molecule has 1 saturated heterocycles. The third-order valence-electron chi connectivity index (χ3n) is 4.25. The molecular formula is C16H22Cl2N2O4. The zero-order valence-corrected chi connectivity index (χ0v) is 14.8. The van der Waals surface area contributed by atoms with Crippen molar-refractivity contribution in [1.29, 1.82) is 0 Å². The molecule has 0 aromatic heterocycles. The molecule has 24 heavy (non-hydrogen) atoms. The number of para-hydroxylation sites is 1. The van der Waals surface area contributed by atoms with Crippen molar-refractivity contribution in [3.8, 4) is 5.75 Å². The van der Waals surface area contributed by atoms with Gasteiger partial charge in [-0.2, -0.15) is 0 Å². The van der Waals surface area contributed by atoms with Crippen LogP contribution in [0.5, 0.6) is 5.75 Å². The average Bonchev–Trinajstić information content (AvgIpc) is 2.55. The molecular weight excluding hydrogens is 355 g/mol. The lowest BCUT2D eigenvalue weighted by molar-refractivity contribution is -0.139. The highest BCUT2D eigenvalue weighted by atomic mass is 35.5. The van der Waals surface area contributed by atoms with Gasteiger partial charge >= 0.3 is 5.97 Å². The van der Waals surface area contributed by atoms with Crippen LogP contribution < -0.4 is 10.1 Å². The molecule has 8 heteroatoms. The maximum atomic E-state index is 10.7. The Morgan fingerprint density at radius 1 is 1.29 bits per heavy atom. The first kappa shape index (κ1) is 20.5. The van der Waals surface area contributed by atoms with Crippen LogP contribution in [0.25, 0.3) is 0 Å². The molecule has 3 rings (SSSR count). The highest BCUT2D eigenvalue weighted by Crippen LogP contribution is 2.33. The topological polar surface area (TPSA) is 80.2 Å². The van der Waals surface area contributed by atoms with Crippen LogP contribution in [0.4, 0.5) is 0 Å². The van der Waals surface area contributed by atoms with Crippen molar-refractivity contribution in [1.82, 2.24) is 5.32 Å². The van der Waals surface area contributed by atoms with Crippen LogP contribution in [0.3, 0.4) is 0 Å². The van der Waals surface area contributed by atoms with Gasteiger partial charge in [-0.05, 0) is 25.0 Å². The molecule has 0 saturated carbocycles. The summed E-state index contributed by atoms with van der Waals surface area (Å²) < 4.78 is 10.8. The number of hydrogen-bond acceptors (Lipinski definition) is 5. The first-order chi connectivity index (χ1) is 10.7. The number of nitrogens with zero attached hydrogens (tertiary/aromatic N) is 1. The average molecular weight is 377 g/mol. The van der Waals surface area contributed by atoms with Gasteiger partial charge in [-0.1, -0.05) is 12.1 Å². The molecule has 0 radical (unpaired) electrons. The normalized spacial score (nSPS) is 18.4. The molecule has 6 nitrogen and oxygen atoms in total. The van der Waals surface area contributed by atoms with Crippen LogP contribution in [-0.4, -0.2) is 49.8 Å². The van der Waals surface area contributed by atoms with Gasteiger partial charge in [-0.15, -0.1) is 24.8 Å². The van der Waals surface area contributed by atoms with E-state index in [9.17, 15) is 4.79 Å². The van der Waals surface area contributed by atoms with E-state index < -0.39 is 5.97 Å². The highest BCUT2D eigenvalue weighted by molar-refractivity contribution is 6.01. The smallest absolute Gasteiger partial charge is 0.341 e. The minimum atomic E-state index is -0.991. The van der Waals surface area contributed by atoms with Crippen molar-refractivity contribution in [3.05, 3.63) is 29.8 Å². The number of amidine groups is 1. The second-order valence-corrected chi connectivity index (χ2v) is 5.81. The van der Waals surface area contributed by atoms with Crippen molar-refractivity contribution >= 4 is 36.6 Å². The molecule has 0 bridgehead atoms. The summed E-state index contributed by atoms with van der Waals surface area (Å²) in [6.07, 6.45) is 2.04. The van der Waals surface area contributed by atoms with Crippen molar-refractivity contribution in [2.75, 3.05) is 32.9 Å². The number of carbonyl (C=O) groups is 1. The second-order valence-electron chi connectivity index (χ2n) is 5.81. The van der Waals surface area contributed by atoms with Crippen LogP contribution in [-0.2, 0) is 9.53 Å². The fourth-order valence-electron chi connectivity index (χ4n) is 2.88. The van der Waals surface area contributed by atoms with E-state index in [1.807, 2.05) is 18.2 Å². The van der Waals surface area contributed by atoms with Gasteiger partial charge in [0.15, 0.2) is 6.61 Å². The van der Waals surface area contributed by atoms with E-state index in [0.717, 1.165) is 50.5 Å². The van der Waals surface area contributed by atoms with Crippen LogP contribution >= 0.6 is 24.8 Å². The van der Waals surface area contributed by atoms with Crippen molar-refractivity contribution in [2.24, 2.45) is 10.4 Å². The van der Waals surface area contributed by atoms with Gasteiger partial charge in [0.25, 0.3) is 0 Å². The van der Waals surface area contributed by atoms with E-state index in [2.05, 4.69) is 10.3 Å². The Labute approximate surface area is 153 Å². The molecule has 2 N–H and O–H groups in total. The van der Waals surface area contributed by atoms with Crippen LogP contribution in [0, 0.1) is 5.41 Å². The summed E-state index contributed by atoms with van der Waals surface area (Å²) in [5, 5.41) is 12.2. The zero-order valence-electron chi connectivity index (χ0n) is 13.2. The number of halogens is 2. The monoisotopic (exact) mass is 376 g/mol. The number of ether oxygens (including phenoxy) is 2. The summed E-state index contributed by atoms with van der Waals surface area (Å²) >= 11 is 0. The number of nitrogens with one attached hydrogen (secondary N) is 1. The maximum Gasteiger partial charge on any atom is 0.341 e. The molecule has 2 aliphatic rings. The van der Waals surface area contributed by atoms with E-state index in [1.165, 1.54) is 0 Å². The van der Waals surface area contributed by atoms with Crippen LogP contribution in [0.1, 0.15) is 18.4 Å². The molecule has 1 aromatic carbocycles. The number of hydrogen-bond donors (Lipinski definition) is 2. The van der Waals surface area contributed by atoms with Gasteiger partial charge in [-0.25, -0.2) is 4.79 Å². The fourth-order valence-corrected chi connectivity index (χ4v) is 2.88. The summed E-state index contributed by atoms with van der Waals surface area (Å²) in [5.74, 6) is 0.326. The summed E-state index contributed by atoms with van der Waals surface area (Å²) in [5.41, 5.74) is 1.00. The lowest BCUT2D eigenvalue weighted by atomic mass is 9.79. The number of aliphatic imine (C=N–C) groups is 1. The maximum absolute atomic E-state index is 10.7. The van der Waals surface area contributed by atoms with Crippen molar-refractivity contribution < 1.29 is 19.4 Å². The van der Waals surface area contributed by atoms with E-state index in [0.29, 0.717) is 5.75 Å². The molecule has 1 aromatic rings. The van der Waals surface area contributed by atoms with E-state index in [4.69, 9.17) is 14.6 Å². The van der Waals surface area contributed by atoms with Gasteiger partial charge in [0.05, 0.1) is 5.56 Å². The molecule has 1 spiro atoms. The molecule has 134 valence electrons. The van der Waals surface area contributed by atoms with Gasteiger partial charge in [0, 0.05) is 31.7 Å². The van der Waals surface area contributed by atoms with Gasteiger partial charge in [0.2, 0.25) is 0 Å². The zero-order chi connectivity index (χ0) is 15.4. The lowest BCUT2D eigenvalue weighted by Crippen LogP contribution is -2.47. The third kappa shape index (κ3) is 4.75. The molecule has 2 heterocycles. The highest BCUT2D eigenvalue weighted by Gasteiger charge is 2.35. The quantitative estimate of drug-likeness (QED) is 0.841. The molecule has 0 aliphatic carbocycles. The summed E-state index contributed by atoms with van der Waals surface area (Å²) in [4.78, 5) is 15.4. The van der Waals surface area contributed by atoms with Gasteiger partial charge in [-0.3, -0.25) is 4.99 Å². The first-order valence-corrected chi connectivity index (χ1v) is 7.49. The summed E-state index contributed by atoms with van der Waals surface area (Å²) in [6.45, 7) is 2.87. The Balaban J connectivity index is 0.00000144. The van der Waals surface area contributed by atoms with Gasteiger partial charge < -0.3 is 19.9 Å². The summed E-state index contributed by atoms with van der Waals surface area (Å²) in [6, 6.07) is 7.38. The van der Waals surface area contributed by atoms with E-state index in [1.54, 1.807) is 6.07 Å². The Hall–Kier alpha value is -1.50. The fraction of sp³-hybridized carbons (Fsp3) is 0.500. The predicted molar refractivity (Wildman–Crippen MR) is 96.0 cm³/mol. The first-order valence-electron chi connectivity index (χ1n) is 7.49. The molecule has 1 fully saturated rings. The van der Waals surface area contributed by atoms with E-state index in [-0.39, 0.29) is 36.8 Å². The summed E-state index contributed by atoms with van der Waals surface area (Å²) in [7, 11) is 0. The van der Waals surface area contributed by atoms with Crippen molar-refractivity contribution in [3.63, 3.8) is 0 Å². The minimum absolute atomic E-state index is 0. The number of carboxylic acids is 1. The molecule has 2 aliphatic heterocycles. The van der Waals surface area contributed by atoms with Crippen molar-refractivity contribution in [2.45, 2.75) is 12.8 Å². The SMILES string of the molecule is Cl.Cl.O=C(O)COc1ccccc1C1=NCC2(CCOCC2)CN1. The predicted octanol–water partition coefficient (Wildman–Crippen LogP) is 2.14. The Morgan fingerprint density at radius 3 is 2.62 bits per heavy atom. The third-order valence-corrected chi connectivity index (χ3v) is 4.25. The number of rotatable bonds is 4.